The van der Waals surface area contributed by atoms with Crippen molar-refractivity contribution in [2.24, 2.45) is 0 Å². The number of carbonyl (C=O) groups is 1. The zero-order valence-electron chi connectivity index (χ0n) is 16.1. The first-order chi connectivity index (χ1) is 13.3. The highest BCUT2D eigenvalue weighted by Crippen LogP contribution is 2.39. The van der Waals surface area contributed by atoms with Gasteiger partial charge in [-0.1, -0.05) is 48.7 Å². The van der Waals surface area contributed by atoms with Gasteiger partial charge >= 0.3 is 0 Å². The molecule has 0 aromatic heterocycles. The van der Waals surface area contributed by atoms with Gasteiger partial charge in [0, 0.05) is 18.5 Å². The molecule has 2 aromatic carbocycles. The number of halogens is 1. The SMILES string of the molecule is CC(=O)Nc1ccc(C)cc1S(=O)(=O)N1CCCCCC1c1ccccc1Cl. The second-order valence-corrected chi connectivity index (χ2v) is 9.45. The minimum absolute atomic E-state index is 0.127. The zero-order valence-corrected chi connectivity index (χ0v) is 17.7. The van der Waals surface area contributed by atoms with E-state index in [0.717, 1.165) is 30.4 Å². The summed E-state index contributed by atoms with van der Waals surface area (Å²) in [5.41, 5.74) is 1.94. The third-order valence-electron chi connectivity index (χ3n) is 5.00. The van der Waals surface area contributed by atoms with Gasteiger partial charge in [-0.25, -0.2) is 8.42 Å². The Hall–Kier alpha value is -1.89. The second kappa shape index (κ2) is 8.64. The Morgan fingerprint density at radius 2 is 1.89 bits per heavy atom. The largest absolute Gasteiger partial charge is 0.325 e. The normalized spacial score (nSPS) is 18.5. The summed E-state index contributed by atoms with van der Waals surface area (Å²) < 4.78 is 29.0. The van der Waals surface area contributed by atoms with Crippen LogP contribution in [0.2, 0.25) is 5.02 Å². The van der Waals surface area contributed by atoms with E-state index in [9.17, 15) is 13.2 Å². The topological polar surface area (TPSA) is 66.5 Å². The average Bonchev–Trinajstić information content (AvgIpc) is 2.89. The Morgan fingerprint density at radius 1 is 1.14 bits per heavy atom. The molecule has 0 aliphatic carbocycles. The summed E-state index contributed by atoms with van der Waals surface area (Å²) in [6, 6.07) is 12.1. The van der Waals surface area contributed by atoms with Gasteiger partial charge in [0.05, 0.1) is 11.7 Å². The maximum absolute atomic E-state index is 13.7. The number of sulfonamides is 1. The molecule has 1 saturated heterocycles. The Morgan fingerprint density at radius 3 is 2.61 bits per heavy atom. The van der Waals surface area contributed by atoms with E-state index in [0.29, 0.717) is 23.7 Å². The van der Waals surface area contributed by atoms with Crippen LogP contribution in [0.1, 0.15) is 49.8 Å². The summed E-state index contributed by atoms with van der Waals surface area (Å²) >= 11 is 6.42. The van der Waals surface area contributed by atoms with Crippen molar-refractivity contribution in [2.45, 2.75) is 50.5 Å². The van der Waals surface area contributed by atoms with Crippen LogP contribution >= 0.6 is 11.6 Å². The molecular weight excluding hydrogens is 396 g/mol. The second-order valence-electron chi connectivity index (χ2n) is 7.18. The lowest BCUT2D eigenvalue weighted by Gasteiger charge is -2.31. The van der Waals surface area contributed by atoms with Crippen molar-refractivity contribution in [3.05, 3.63) is 58.6 Å². The summed E-state index contributed by atoms with van der Waals surface area (Å²) in [5.74, 6) is -0.307. The predicted molar refractivity (Wildman–Crippen MR) is 112 cm³/mol. The Bertz CT molecular complexity index is 975. The highest BCUT2D eigenvalue weighted by atomic mass is 35.5. The Labute approximate surface area is 171 Å². The molecule has 1 unspecified atom stereocenters. The van der Waals surface area contributed by atoms with Crippen LogP contribution in [0.15, 0.2) is 47.4 Å². The van der Waals surface area contributed by atoms with Crippen molar-refractivity contribution >= 4 is 33.2 Å². The number of nitrogens with zero attached hydrogens (tertiary/aromatic N) is 1. The van der Waals surface area contributed by atoms with Gasteiger partial charge in [0.2, 0.25) is 15.9 Å². The van der Waals surface area contributed by atoms with Gasteiger partial charge in [-0.3, -0.25) is 4.79 Å². The molecular formula is C21H25ClN2O3S. The van der Waals surface area contributed by atoms with Crippen LogP contribution in [0.25, 0.3) is 0 Å². The summed E-state index contributed by atoms with van der Waals surface area (Å²) in [6.45, 7) is 3.63. The van der Waals surface area contributed by atoms with Gasteiger partial charge in [-0.05, 0) is 49.1 Å². The molecule has 1 amide bonds. The molecule has 28 heavy (non-hydrogen) atoms. The summed E-state index contributed by atoms with van der Waals surface area (Å²) in [7, 11) is -3.84. The first-order valence-corrected chi connectivity index (χ1v) is 11.3. The Kier molecular flexibility index (Phi) is 6.43. The smallest absolute Gasteiger partial charge is 0.245 e. The van der Waals surface area contributed by atoms with Crippen LogP contribution in [-0.4, -0.2) is 25.2 Å². The molecule has 5 nitrogen and oxygen atoms in total. The molecule has 2 aromatic rings. The van der Waals surface area contributed by atoms with Crippen LogP contribution < -0.4 is 5.32 Å². The van der Waals surface area contributed by atoms with Gasteiger partial charge in [0.1, 0.15) is 4.90 Å². The summed E-state index contributed by atoms with van der Waals surface area (Å²) in [4.78, 5) is 11.7. The maximum Gasteiger partial charge on any atom is 0.245 e. The number of anilines is 1. The molecule has 0 saturated carbocycles. The molecule has 0 radical (unpaired) electrons. The fourth-order valence-corrected chi connectivity index (χ4v) is 5.86. The molecule has 150 valence electrons. The first kappa shape index (κ1) is 20.8. The summed E-state index contributed by atoms with van der Waals surface area (Å²) in [6.07, 6.45) is 3.42. The van der Waals surface area contributed by atoms with Crippen LogP contribution in [0, 0.1) is 6.92 Å². The zero-order chi connectivity index (χ0) is 20.3. The molecule has 1 aliphatic heterocycles. The predicted octanol–water partition coefficient (Wildman–Crippen LogP) is 4.91. The lowest BCUT2D eigenvalue weighted by Crippen LogP contribution is -2.35. The van der Waals surface area contributed by atoms with Gasteiger partial charge in [0.15, 0.2) is 0 Å². The van der Waals surface area contributed by atoms with Crippen molar-refractivity contribution in [1.29, 1.82) is 0 Å². The van der Waals surface area contributed by atoms with Gasteiger partial charge in [-0.2, -0.15) is 4.31 Å². The quantitative estimate of drug-likeness (QED) is 0.763. The fourth-order valence-electron chi connectivity index (χ4n) is 3.69. The molecule has 1 N–H and O–H groups in total. The van der Waals surface area contributed by atoms with Crippen molar-refractivity contribution in [3.63, 3.8) is 0 Å². The minimum atomic E-state index is -3.84. The number of nitrogens with one attached hydrogen (secondary N) is 1. The van der Waals surface area contributed by atoms with Crippen LogP contribution in [0.4, 0.5) is 5.69 Å². The Balaban J connectivity index is 2.11. The van der Waals surface area contributed by atoms with E-state index in [4.69, 9.17) is 11.6 Å². The van der Waals surface area contributed by atoms with E-state index in [1.807, 2.05) is 25.1 Å². The number of carbonyl (C=O) groups excluding carboxylic acids is 1. The van der Waals surface area contributed by atoms with E-state index in [-0.39, 0.29) is 16.8 Å². The molecule has 0 spiro atoms. The number of rotatable bonds is 4. The molecule has 1 fully saturated rings. The monoisotopic (exact) mass is 420 g/mol. The maximum atomic E-state index is 13.7. The lowest BCUT2D eigenvalue weighted by atomic mass is 10.0. The standard InChI is InChI=1S/C21H25ClN2O3S/c1-15-11-12-19(23-16(2)25)21(14-15)28(26,27)24-13-7-3-4-10-20(24)17-8-5-6-9-18(17)22/h5-6,8-9,11-12,14,20H,3-4,7,10,13H2,1-2H3,(H,23,25). The van der Waals surface area contributed by atoms with E-state index < -0.39 is 10.0 Å². The number of hydrogen-bond donors (Lipinski definition) is 1. The van der Waals surface area contributed by atoms with E-state index in [2.05, 4.69) is 5.32 Å². The molecule has 1 aliphatic rings. The van der Waals surface area contributed by atoms with Crippen LogP contribution in [-0.2, 0) is 14.8 Å². The molecule has 3 rings (SSSR count). The van der Waals surface area contributed by atoms with Crippen LogP contribution in [0.5, 0.6) is 0 Å². The number of hydrogen-bond acceptors (Lipinski definition) is 3. The third kappa shape index (κ3) is 4.40. The molecule has 1 atom stereocenters. The van der Waals surface area contributed by atoms with E-state index in [1.165, 1.54) is 6.92 Å². The minimum Gasteiger partial charge on any atom is -0.325 e. The lowest BCUT2D eigenvalue weighted by molar-refractivity contribution is -0.114. The molecule has 1 heterocycles. The van der Waals surface area contributed by atoms with Crippen molar-refractivity contribution in [1.82, 2.24) is 4.31 Å². The third-order valence-corrected chi connectivity index (χ3v) is 7.29. The fraction of sp³-hybridized carbons (Fsp3) is 0.381. The van der Waals surface area contributed by atoms with Crippen molar-refractivity contribution < 1.29 is 13.2 Å². The molecule has 0 bridgehead atoms. The van der Waals surface area contributed by atoms with Crippen molar-refractivity contribution in [3.8, 4) is 0 Å². The van der Waals surface area contributed by atoms with Gasteiger partial charge in [-0.15, -0.1) is 0 Å². The first-order valence-electron chi connectivity index (χ1n) is 9.45. The highest BCUT2D eigenvalue weighted by molar-refractivity contribution is 7.89. The molecule has 7 heteroatoms. The van der Waals surface area contributed by atoms with Gasteiger partial charge < -0.3 is 5.32 Å². The number of aryl methyl sites for hydroxylation is 1. The number of amides is 1. The van der Waals surface area contributed by atoms with Gasteiger partial charge in [0.25, 0.3) is 0 Å². The summed E-state index contributed by atoms with van der Waals surface area (Å²) in [5, 5.41) is 3.23. The van der Waals surface area contributed by atoms with E-state index in [1.54, 1.807) is 28.6 Å². The average molecular weight is 421 g/mol. The van der Waals surface area contributed by atoms with Crippen LogP contribution in [0.3, 0.4) is 0 Å². The van der Waals surface area contributed by atoms with Crippen molar-refractivity contribution in [2.75, 3.05) is 11.9 Å². The highest BCUT2D eigenvalue weighted by Gasteiger charge is 2.35. The van der Waals surface area contributed by atoms with E-state index >= 15 is 0 Å². The number of benzene rings is 2.